The van der Waals surface area contributed by atoms with Gasteiger partial charge in [0.05, 0.1) is 19.8 Å². The lowest BCUT2D eigenvalue weighted by Crippen LogP contribution is -2.59. The number of carbonyl (C=O) groups is 1. The molecule has 1 fully saturated rings. The molecule has 1 saturated heterocycles. The topological polar surface area (TPSA) is 135 Å². The van der Waals surface area contributed by atoms with E-state index in [4.69, 9.17) is 18.9 Å². The van der Waals surface area contributed by atoms with Crippen molar-refractivity contribution in [1.82, 2.24) is 0 Å². The molecule has 390 valence electrons. The first-order valence-corrected chi connectivity index (χ1v) is 26.2. The maximum Gasteiger partial charge on any atom is 0.306 e. The summed E-state index contributed by atoms with van der Waals surface area (Å²) in [4.78, 5) is 12.8. The summed E-state index contributed by atoms with van der Waals surface area (Å²) in [6, 6.07) is 0. The van der Waals surface area contributed by atoms with E-state index < -0.39 is 49.4 Å². The standard InChI is InChI=1S/C61H92O9/c1-3-5-7-9-11-13-15-17-19-21-23-25-27-29-31-33-35-37-39-41-43-45-47-49-51-67-53-55(54-68-61-60(66)59(65)58(64)56(52-62)70-61)69-57(63)50-48-46-44-42-40-38-36-34-32-30-28-26-24-22-20-18-16-14-12-10-8-6-4-2/h5-8,11-14,17-20,23-26,29-32,35-38,41-44,55-56,58-62,64-66H,3-4,9-10,15-16,21-22,27-28,33-34,39-40,45-54H2,1-2H3/b7-5-,8-6-,13-11-,14-12-,19-17-,20-18-,25-23-,26-24-,31-29-,32-30-,37-35-,38-36-,43-41-,44-42-. The molecule has 4 N–H and O–H groups in total. The van der Waals surface area contributed by atoms with Gasteiger partial charge in [0.1, 0.15) is 30.5 Å². The summed E-state index contributed by atoms with van der Waals surface area (Å²) in [5.41, 5.74) is 0. The number of carbonyl (C=O) groups excluding carboxylic acids is 1. The van der Waals surface area contributed by atoms with Crippen LogP contribution in [0.5, 0.6) is 0 Å². The van der Waals surface area contributed by atoms with Crippen molar-refractivity contribution in [3.05, 3.63) is 170 Å². The Hall–Kier alpha value is -4.45. The average molecular weight is 969 g/mol. The molecule has 6 unspecified atom stereocenters. The Kier molecular flexibility index (Phi) is 45.0. The number of ether oxygens (including phenoxy) is 4. The van der Waals surface area contributed by atoms with E-state index in [0.717, 1.165) is 116 Å². The molecular formula is C61H92O9. The lowest BCUT2D eigenvalue weighted by atomic mass is 9.99. The van der Waals surface area contributed by atoms with Crippen molar-refractivity contribution in [2.24, 2.45) is 0 Å². The van der Waals surface area contributed by atoms with Gasteiger partial charge in [0, 0.05) is 13.0 Å². The smallest absolute Gasteiger partial charge is 0.306 e. The third kappa shape index (κ3) is 39.3. The van der Waals surface area contributed by atoms with E-state index in [1.807, 2.05) is 0 Å². The van der Waals surface area contributed by atoms with E-state index in [2.05, 4.69) is 184 Å². The Bertz CT molecular complexity index is 1670. The van der Waals surface area contributed by atoms with Gasteiger partial charge in [-0.2, -0.15) is 0 Å². The lowest BCUT2D eigenvalue weighted by Gasteiger charge is -2.39. The van der Waals surface area contributed by atoms with E-state index in [9.17, 15) is 25.2 Å². The van der Waals surface area contributed by atoms with Crippen LogP contribution in [0.15, 0.2) is 170 Å². The molecule has 1 aliphatic heterocycles. The van der Waals surface area contributed by atoms with Crippen LogP contribution in [-0.4, -0.2) is 89.6 Å². The molecule has 9 heteroatoms. The molecule has 6 atom stereocenters. The second kappa shape index (κ2) is 49.5. The number of rotatable bonds is 42. The summed E-state index contributed by atoms with van der Waals surface area (Å²) in [5.74, 6) is -0.395. The SMILES string of the molecule is CC/C=C\C/C=C\C/C=C\C/C=C\C/C=C\C/C=C\C/C=C\CCCCOCC(COC1OC(CO)C(O)C(O)C1O)OC(=O)CCC/C=C\C/C=C\C/C=C\C/C=C\C/C=C\C/C=C\C/C=C\CC. The van der Waals surface area contributed by atoms with Gasteiger partial charge in [0.15, 0.2) is 6.29 Å². The Balaban J connectivity index is 2.33. The predicted molar refractivity (Wildman–Crippen MR) is 292 cm³/mol. The Morgan fingerprint density at radius 3 is 1.19 bits per heavy atom. The minimum Gasteiger partial charge on any atom is -0.457 e. The van der Waals surface area contributed by atoms with Crippen molar-refractivity contribution in [2.45, 2.75) is 179 Å². The van der Waals surface area contributed by atoms with Gasteiger partial charge in [-0.15, -0.1) is 0 Å². The first-order valence-electron chi connectivity index (χ1n) is 26.2. The third-order valence-electron chi connectivity index (χ3n) is 10.6. The second-order valence-electron chi connectivity index (χ2n) is 16.8. The molecule has 1 rings (SSSR count). The van der Waals surface area contributed by atoms with E-state index >= 15 is 0 Å². The fraction of sp³-hybridized carbons (Fsp3) is 0.525. The van der Waals surface area contributed by atoms with Crippen LogP contribution in [0, 0.1) is 0 Å². The van der Waals surface area contributed by atoms with Gasteiger partial charge in [0.2, 0.25) is 0 Å². The number of aliphatic hydroxyl groups is 4. The summed E-state index contributed by atoms with van der Waals surface area (Å²) < 4.78 is 22.8. The summed E-state index contributed by atoms with van der Waals surface area (Å²) in [7, 11) is 0. The van der Waals surface area contributed by atoms with Crippen LogP contribution in [0.4, 0.5) is 0 Å². The van der Waals surface area contributed by atoms with Gasteiger partial charge < -0.3 is 39.4 Å². The number of unbranched alkanes of at least 4 members (excludes halogenated alkanes) is 3. The van der Waals surface area contributed by atoms with Gasteiger partial charge in [-0.05, 0) is 122 Å². The van der Waals surface area contributed by atoms with Crippen molar-refractivity contribution < 1.29 is 44.2 Å². The predicted octanol–water partition coefficient (Wildman–Crippen LogP) is 13.4. The fourth-order valence-corrected chi connectivity index (χ4v) is 6.63. The highest BCUT2D eigenvalue weighted by Gasteiger charge is 2.44. The number of aliphatic hydroxyl groups excluding tert-OH is 4. The molecule has 70 heavy (non-hydrogen) atoms. The Morgan fingerprint density at radius 2 is 0.814 bits per heavy atom. The first kappa shape index (κ1) is 63.6. The van der Waals surface area contributed by atoms with Crippen molar-refractivity contribution in [3.8, 4) is 0 Å². The molecule has 0 aromatic carbocycles. The van der Waals surface area contributed by atoms with Crippen LogP contribution >= 0.6 is 0 Å². The van der Waals surface area contributed by atoms with Crippen molar-refractivity contribution >= 4 is 5.97 Å². The average Bonchev–Trinajstić information content (AvgIpc) is 3.36. The number of hydrogen-bond donors (Lipinski definition) is 4. The van der Waals surface area contributed by atoms with Crippen LogP contribution in [0.2, 0.25) is 0 Å². The highest BCUT2D eigenvalue weighted by atomic mass is 16.7. The van der Waals surface area contributed by atoms with Crippen LogP contribution in [0.3, 0.4) is 0 Å². The number of hydrogen-bond acceptors (Lipinski definition) is 9. The second-order valence-corrected chi connectivity index (χ2v) is 16.8. The van der Waals surface area contributed by atoms with Gasteiger partial charge in [-0.3, -0.25) is 4.79 Å². The summed E-state index contributed by atoms with van der Waals surface area (Å²) in [6.07, 6.45) is 71.1. The van der Waals surface area contributed by atoms with E-state index in [1.54, 1.807) is 0 Å². The lowest BCUT2D eigenvalue weighted by molar-refractivity contribution is -0.305. The molecule has 0 radical (unpaired) electrons. The first-order chi connectivity index (χ1) is 34.4. The van der Waals surface area contributed by atoms with Gasteiger partial charge in [0.25, 0.3) is 0 Å². The largest absolute Gasteiger partial charge is 0.457 e. The van der Waals surface area contributed by atoms with Crippen molar-refractivity contribution in [2.75, 3.05) is 26.4 Å². The molecule has 0 aromatic rings. The number of esters is 1. The quantitative estimate of drug-likeness (QED) is 0.0268. The molecule has 9 nitrogen and oxygen atoms in total. The molecule has 0 aromatic heterocycles. The molecule has 0 bridgehead atoms. The molecule has 1 heterocycles. The molecule has 0 saturated carbocycles. The maximum absolute atomic E-state index is 12.8. The van der Waals surface area contributed by atoms with Crippen LogP contribution in [-0.2, 0) is 23.7 Å². The molecule has 0 aliphatic carbocycles. The summed E-state index contributed by atoms with van der Waals surface area (Å²) >= 11 is 0. The fourth-order valence-electron chi connectivity index (χ4n) is 6.63. The van der Waals surface area contributed by atoms with Gasteiger partial charge in [-0.1, -0.05) is 184 Å². The third-order valence-corrected chi connectivity index (χ3v) is 10.6. The Morgan fingerprint density at radius 1 is 0.457 bits per heavy atom. The summed E-state index contributed by atoms with van der Waals surface area (Å²) in [5, 5.41) is 40.3. The van der Waals surface area contributed by atoms with Crippen LogP contribution in [0.25, 0.3) is 0 Å². The zero-order valence-electron chi connectivity index (χ0n) is 42.9. The summed E-state index contributed by atoms with van der Waals surface area (Å²) in [6.45, 7) is 4.10. The van der Waals surface area contributed by atoms with Gasteiger partial charge in [-0.25, -0.2) is 0 Å². The minimum atomic E-state index is -1.57. The highest BCUT2D eigenvalue weighted by Crippen LogP contribution is 2.22. The molecule has 1 aliphatic rings. The minimum absolute atomic E-state index is 0.0769. The highest BCUT2D eigenvalue weighted by molar-refractivity contribution is 5.69. The van der Waals surface area contributed by atoms with Crippen LogP contribution < -0.4 is 0 Å². The normalized spacial score (nSPS) is 20.3. The number of allylic oxidation sites excluding steroid dienone is 28. The molecule has 0 spiro atoms. The maximum atomic E-state index is 12.8. The Labute approximate surface area is 424 Å². The van der Waals surface area contributed by atoms with Gasteiger partial charge >= 0.3 is 5.97 Å². The monoisotopic (exact) mass is 969 g/mol. The van der Waals surface area contributed by atoms with E-state index in [-0.39, 0.29) is 19.6 Å². The van der Waals surface area contributed by atoms with Crippen molar-refractivity contribution in [3.63, 3.8) is 0 Å². The van der Waals surface area contributed by atoms with E-state index in [1.165, 1.54) is 0 Å². The zero-order valence-corrected chi connectivity index (χ0v) is 42.9. The molecular weight excluding hydrogens is 877 g/mol. The van der Waals surface area contributed by atoms with E-state index in [0.29, 0.717) is 13.0 Å². The zero-order chi connectivity index (χ0) is 50.6. The van der Waals surface area contributed by atoms with Crippen LogP contribution in [0.1, 0.15) is 142 Å². The van der Waals surface area contributed by atoms with Crippen molar-refractivity contribution in [1.29, 1.82) is 0 Å². The molecule has 0 amide bonds.